The lowest BCUT2D eigenvalue weighted by Gasteiger charge is -2.19. The standard InChI is InChI=1S/C12H16BrClO/c1-8(7-13)9(2)11-5-4-10(15-3)6-12(11)14/h4-6,8-9H,7H2,1-3H3. The van der Waals surface area contributed by atoms with Crippen molar-refractivity contribution >= 4 is 27.5 Å². The zero-order valence-electron chi connectivity index (χ0n) is 9.26. The summed E-state index contributed by atoms with van der Waals surface area (Å²) in [5, 5.41) is 1.77. The van der Waals surface area contributed by atoms with Crippen LogP contribution < -0.4 is 4.74 Å². The molecule has 0 N–H and O–H groups in total. The molecule has 0 aromatic heterocycles. The van der Waals surface area contributed by atoms with Crippen molar-refractivity contribution in [1.29, 1.82) is 0 Å². The van der Waals surface area contributed by atoms with Crippen LogP contribution in [0.3, 0.4) is 0 Å². The minimum Gasteiger partial charge on any atom is -0.497 e. The van der Waals surface area contributed by atoms with Crippen molar-refractivity contribution in [1.82, 2.24) is 0 Å². The van der Waals surface area contributed by atoms with Crippen LogP contribution in [-0.4, -0.2) is 12.4 Å². The average Bonchev–Trinajstić information content (AvgIpc) is 2.26. The number of methoxy groups -OCH3 is 1. The van der Waals surface area contributed by atoms with E-state index in [2.05, 4.69) is 29.8 Å². The van der Waals surface area contributed by atoms with Crippen molar-refractivity contribution in [3.8, 4) is 5.75 Å². The van der Waals surface area contributed by atoms with E-state index in [-0.39, 0.29) is 0 Å². The maximum absolute atomic E-state index is 6.21. The van der Waals surface area contributed by atoms with E-state index in [1.165, 1.54) is 5.56 Å². The Morgan fingerprint density at radius 1 is 1.40 bits per heavy atom. The summed E-state index contributed by atoms with van der Waals surface area (Å²) in [4.78, 5) is 0. The van der Waals surface area contributed by atoms with Crippen molar-refractivity contribution in [2.75, 3.05) is 12.4 Å². The first-order valence-corrected chi connectivity index (χ1v) is 6.49. The van der Waals surface area contributed by atoms with Crippen molar-refractivity contribution < 1.29 is 4.74 Å². The maximum Gasteiger partial charge on any atom is 0.120 e. The third kappa shape index (κ3) is 3.12. The van der Waals surface area contributed by atoms with Crippen LogP contribution in [0.1, 0.15) is 25.3 Å². The number of rotatable bonds is 4. The number of alkyl halides is 1. The number of halogens is 2. The molecule has 1 rings (SSSR count). The molecule has 2 unspecified atom stereocenters. The fraction of sp³-hybridized carbons (Fsp3) is 0.500. The summed E-state index contributed by atoms with van der Waals surface area (Å²) in [6.45, 7) is 4.40. The molecular weight excluding hydrogens is 275 g/mol. The first-order chi connectivity index (χ1) is 7.10. The molecule has 0 bridgehead atoms. The van der Waals surface area contributed by atoms with Crippen LogP contribution in [0.2, 0.25) is 5.02 Å². The lowest BCUT2D eigenvalue weighted by Crippen LogP contribution is -2.08. The van der Waals surface area contributed by atoms with Crippen LogP contribution in [0.15, 0.2) is 18.2 Å². The van der Waals surface area contributed by atoms with Gasteiger partial charge in [-0.2, -0.15) is 0 Å². The summed E-state index contributed by atoms with van der Waals surface area (Å²) in [5.41, 5.74) is 1.18. The monoisotopic (exact) mass is 290 g/mol. The topological polar surface area (TPSA) is 9.23 Å². The molecule has 3 heteroatoms. The van der Waals surface area contributed by atoms with Gasteiger partial charge in [-0.15, -0.1) is 0 Å². The predicted octanol–water partition coefficient (Wildman–Crippen LogP) is 4.48. The van der Waals surface area contributed by atoms with Gasteiger partial charge in [-0.05, 0) is 29.5 Å². The van der Waals surface area contributed by atoms with E-state index in [1.54, 1.807) is 7.11 Å². The highest BCUT2D eigenvalue weighted by atomic mass is 79.9. The molecule has 0 amide bonds. The molecule has 1 aromatic carbocycles. The molecule has 0 aliphatic heterocycles. The molecule has 84 valence electrons. The minimum absolute atomic E-state index is 0.447. The Hall–Kier alpha value is -0.210. The average molecular weight is 292 g/mol. The Balaban J connectivity index is 2.95. The van der Waals surface area contributed by atoms with Gasteiger partial charge in [0.1, 0.15) is 5.75 Å². The first kappa shape index (κ1) is 12.9. The minimum atomic E-state index is 0.447. The quantitative estimate of drug-likeness (QED) is 0.743. The van der Waals surface area contributed by atoms with Crippen LogP contribution in [0.25, 0.3) is 0 Å². The van der Waals surface area contributed by atoms with Crippen LogP contribution in [0.5, 0.6) is 5.75 Å². The summed E-state index contributed by atoms with van der Waals surface area (Å²) in [7, 11) is 1.65. The van der Waals surface area contributed by atoms with Gasteiger partial charge in [0.15, 0.2) is 0 Å². The zero-order chi connectivity index (χ0) is 11.4. The van der Waals surface area contributed by atoms with Crippen molar-refractivity contribution in [2.45, 2.75) is 19.8 Å². The van der Waals surface area contributed by atoms with E-state index in [9.17, 15) is 0 Å². The molecule has 0 heterocycles. The largest absolute Gasteiger partial charge is 0.497 e. The molecule has 0 spiro atoms. The van der Waals surface area contributed by atoms with Crippen LogP contribution in [0.4, 0.5) is 0 Å². The second kappa shape index (κ2) is 5.76. The molecule has 0 radical (unpaired) electrons. The molecule has 1 aromatic rings. The summed E-state index contributed by atoms with van der Waals surface area (Å²) >= 11 is 9.71. The van der Waals surface area contributed by atoms with Gasteiger partial charge in [-0.3, -0.25) is 0 Å². The lowest BCUT2D eigenvalue weighted by molar-refractivity contribution is 0.414. The fourth-order valence-corrected chi connectivity index (χ4v) is 2.35. The van der Waals surface area contributed by atoms with Crippen LogP contribution >= 0.6 is 27.5 Å². The first-order valence-electron chi connectivity index (χ1n) is 4.99. The molecule has 0 saturated carbocycles. The van der Waals surface area contributed by atoms with Gasteiger partial charge in [0.25, 0.3) is 0 Å². The molecule has 0 saturated heterocycles. The Bertz CT molecular complexity index is 327. The maximum atomic E-state index is 6.21. The highest BCUT2D eigenvalue weighted by Gasteiger charge is 2.16. The molecular formula is C12H16BrClO. The number of hydrogen-bond acceptors (Lipinski definition) is 1. The van der Waals surface area contributed by atoms with Crippen LogP contribution in [0, 0.1) is 5.92 Å². The van der Waals surface area contributed by atoms with E-state index in [4.69, 9.17) is 16.3 Å². The Morgan fingerprint density at radius 2 is 2.07 bits per heavy atom. The third-order valence-corrected chi connectivity index (χ3v) is 4.14. The Kier molecular flexibility index (Phi) is 4.94. The summed E-state index contributed by atoms with van der Waals surface area (Å²) in [5.74, 6) is 1.82. The number of hydrogen-bond donors (Lipinski definition) is 0. The Labute approximate surface area is 105 Å². The normalized spacial score (nSPS) is 14.7. The van der Waals surface area contributed by atoms with Crippen molar-refractivity contribution in [2.24, 2.45) is 5.92 Å². The third-order valence-electron chi connectivity index (χ3n) is 2.80. The molecule has 2 atom stereocenters. The van der Waals surface area contributed by atoms with E-state index in [1.807, 2.05) is 18.2 Å². The smallest absolute Gasteiger partial charge is 0.120 e. The lowest BCUT2D eigenvalue weighted by atomic mass is 9.90. The van der Waals surface area contributed by atoms with Gasteiger partial charge in [0.2, 0.25) is 0 Å². The zero-order valence-corrected chi connectivity index (χ0v) is 11.6. The van der Waals surface area contributed by atoms with Gasteiger partial charge in [-0.25, -0.2) is 0 Å². The predicted molar refractivity (Wildman–Crippen MR) is 69.4 cm³/mol. The second-order valence-corrected chi connectivity index (χ2v) is 4.86. The second-order valence-electron chi connectivity index (χ2n) is 3.81. The van der Waals surface area contributed by atoms with Gasteiger partial charge in [0.05, 0.1) is 7.11 Å². The number of ether oxygens (including phenoxy) is 1. The van der Waals surface area contributed by atoms with Crippen molar-refractivity contribution in [3.05, 3.63) is 28.8 Å². The van der Waals surface area contributed by atoms with Crippen molar-refractivity contribution in [3.63, 3.8) is 0 Å². The van der Waals surface area contributed by atoms with E-state index in [0.29, 0.717) is 11.8 Å². The van der Waals surface area contributed by atoms with Gasteiger partial charge in [-0.1, -0.05) is 47.4 Å². The fourth-order valence-electron chi connectivity index (χ4n) is 1.44. The molecule has 0 aliphatic carbocycles. The molecule has 1 nitrogen and oxygen atoms in total. The van der Waals surface area contributed by atoms with E-state index >= 15 is 0 Å². The SMILES string of the molecule is COc1ccc(C(C)C(C)CBr)c(Cl)c1. The van der Waals surface area contributed by atoms with Gasteiger partial charge >= 0.3 is 0 Å². The van der Waals surface area contributed by atoms with Gasteiger partial charge < -0.3 is 4.74 Å². The summed E-state index contributed by atoms with van der Waals surface area (Å²) in [6, 6.07) is 5.87. The molecule has 0 aliphatic rings. The highest BCUT2D eigenvalue weighted by molar-refractivity contribution is 9.09. The Morgan fingerprint density at radius 3 is 2.53 bits per heavy atom. The summed E-state index contributed by atoms with van der Waals surface area (Å²) < 4.78 is 5.12. The van der Waals surface area contributed by atoms with Gasteiger partial charge in [0, 0.05) is 10.4 Å². The molecule has 0 fully saturated rings. The van der Waals surface area contributed by atoms with Crippen LogP contribution in [-0.2, 0) is 0 Å². The molecule has 15 heavy (non-hydrogen) atoms. The number of benzene rings is 1. The van der Waals surface area contributed by atoms with E-state index < -0.39 is 0 Å². The highest BCUT2D eigenvalue weighted by Crippen LogP contribution is 2.33. The summed E-state index contributed by atoms with van der Waals surface area (Å²) in [6.07, 6.45) is 0. The van der Waals surface area contributed by atoms with E-state index in [0.717, 1.165) is 16.1 Å².